The summed E-state index contributed by atoms with van der Waals surface area (Å²) in [7, 11) is 1.54. The van der Waals surface area contributed by atoms with E-state index in [0.29, 0.717) is 0 Å². The van der Waals surface area contributed by atoms with E-state index in [0.717, 1.165) is 32.4 Å². The van der Waals surface area contributed by atoms with Crippen molar-refractivity contribution in [1.82, 2.24) is 10.4 Å². The molecule has 1 amide bonds. The predicted molar refractivity (Wildman–Crippen MR) is 80.5 cm³/mol. The SMILES string of the molecule is CNc1c(Cl)cc(C(=O)NN2CCCCC2)cc1[N+](=O)[O-]. The average molecular weight is 313 g/mol. The Morgan fingerprint density at radius 2 is 2.00 bits per heavy atom. The molecule has 0 aromatic heterocycles. The smallest absolute Gasteiger partial charge is 0.294 e. The van der Waals surface area contributed by atoms with Crippen LogP contribution in [0.1, 0.15) is 29.6 Å². The van der Waals surface area contributed by atoms with Crippen molar-refractivity contribution in [2.45, 2.75) is 19.3 Å². The van der Waals surface area contributed by atoms with Gasteiger partial charge < -0.3 is 5.32 Å². The predicted octanol–water partition coefficient (Wildman–Crippen LogP) is 2.42. The number of hydrazine groups is 1. The van der Waals surface area contributed by atoms with Gasteiger partial charge in [0.25, 0.3) is 11.6 Å². The topological polar surface area (TPSA) is 87.5 Å². The van der Waals surface area contributed by atoms with Crippen molar-refractivity contribution in [3.05, 3.63) is 32.8 Å². The number of benzene rings is 1. The Kier molecular flexibility index (Phi) is 4.98. The lowest BCUT2D eigenvalue weighted by Crippen LogP contribution is -2.45. The second-order valence-electron chi connectivity index (χ2n) is 4.85. The molecule has 0 aliphatic carbocycles. The monoisotopic (exact) mass is 312 g/mol. The molecule has 0 atom stereocenters. The van der Waals surface area contributed by atoms with Crippen LogP contribution in [0.25, 0.3) is 0 Å². The first-order valence-corrected chi connectivity index (χ1v) is 7.12. The Balaban J connectivity index is 2.22. The Bertz CT molecular complexity index is 559. The number of carbonyl (C=O) groups is 1. The molecule has 0 unspecified atom stereocenters. The summed E-state index contributed by atoms with van der Waals surface area (Å²) < 4.78 is 0. The molecule has 1 heterocycles. The normalized spacial score (nSPS) is 15.5. The molecule has 0 spiro atoms. The van der Waals surface area contributed by atoms with Gasteiger partial charge in [-0.05, 0) is 18.9 Å². The zero-order chi connectivity index (χ0) is 15.4. The van der Waals surface area contributed by atoms with Crippen molar-refractivity contribution in [3.63, 3.8) is 0 Å². The van der Waals surface area contributed by atoms with Gasteiger partial charge in [0.05, 0.1) is 9.95 Å². The number of nitrogens with zero attached hydrogens (tertiary/aromatic N) is 2. The van der Waals surface area contributed by atoms with Crippen molar-refractivity contribution < 1.29 is 9.72 Å². The molecule has 1 aromatic carbocycles. The highest BCUT2D eigenvalue weighted by Crippen LogP contribution is 2.33. The summed E-state index contributed by atoms with van der Waals surface area (Å²) in [5.74, 6) is -0.385. The highest BCUT2D eigenvalue weighted by molar-refractivity contribution is 6.34. The number of halogens is 1. The first-order valence-electron chi connectivity index (χ1n) is 6.74. The van der Waals surface area contributed by atoms with Crippen LogP contribution in [0, 0.1) is 10.1 Å². The van der Waals surface area contributed by atoms with E-state index >= 15 is 0 Å². The molecule has 1 aliphatic rings. The van der Waals surface area contributed by atoms with Crippen LogP contribution in [0.2, 0.25) is 5.02 Å². The standard InChI is InChI=1S/C13H17ClN4O3/c1-15-12-10(14)7-9(8-11(12)18(20)21)13(19)16-17-5-3-2-4-6-17/h7-8,15H,2-6H2,1H3,(H,16,19). The molecular formula is C13H17ClN4O3. The van der Waals surface area contributed by atoms with Crippen molar-refractivity contribution in [3.8, 4) is 0 Å². The molecule has 1 fully saturated rings. The van der Waals surface area contributed by atoms with E-state index in [9.17, 15) is 14.9 Å². The lowest BCUT2D eigenvalue weighted by molar-refractivity contribution is -0.383. The van der Waals surface area contributed by atoms with Crippen LogP contribution in [0.5, 0.6) is 0 Å². The fraction of sp³-hybridized carbons (Fsp3) is 0.462. The number of rotatable bonds is 4. The van der Waals surface area contributed by atoms with Crippen LogP contribution in [-0.2, 0) is 0 Å². The number of nitrogens with one attached hydrogen (secondary N) is 2. The molecular weight excluding hydrogens is 296 g/mol. The Labute approximate surface area is 127 Å². The summed E-state index contributed by atoms with van der Waals surface area (Å²) in [5, 5.41) is 15.7. The average Bonchev–Trinajstić information content (AvgIpc) is 2.47. The third-order valence-corrected chi connectivity index (χ3v) is 3.69. The van der Waals surface area contributed by atoms with E-state index in [2.05, 4.69) is 10.7 Å². The van der Waals surface area contributed by atoms with Crippen molar-refractivity contribution >= 4 is 28.9 Å². The number of hydrogen-bond donors (Lipinski definition) is 2. The van der Waals surface area contributed by atoms with Gasteiger partial charge in [0.2, 0.25) is 0 Å². The van der Waals surface area contributed by atoms with Crippen LogP contribution >= 0.6 is 11.6 Å². The number of hydrogen-bond acceptors (Lipinski definition) is 5. The maximum absolute atomic E-state index is 12.2. The Morgan fingerprint density at radius 3 is 2.57 bits per heavy atom. The Morgan fingerprint density at radius 1 is 1.33 bits per heavy atom. The maximum Gasteiger partial charge on any atom is 0.294 e. The quantitative estimate of drug-likeness (QED) is 0.658. The second-order valence-corrected chi connectivity index (χ2v) is 5.26. The van der Waals surface area contributed by atoms with Gasteiger partial charge in [-0.15, -0.1) is 0 Å². The largest absolute Gasteiger partial charge is 0.381 e. The number of amides is 1. The number of nitro benzene ring substituents is 1. The van der Waals surface area contributed by atoms with Gasteiger partial charge in [-0.3, -0.25) is 20.3 Å². The van der Waals surface area contributed by atoms with Crippen LogP contribution in [0.3, 0.4) is 0 Å². The summed E-state index contributed by atoms with van der Waals surface area (Å²) in [6.07, 6.45) is 3.21. The second kappa shape index (κ2) is 6.73. The highest BCUT2D eigenvalue weighted by atomic mass is 35.5. The van der Waals surface area contributed by atoms with Gasteiger partial charge in [0.1, 0.15) is 5.69 Å². The van der Waals surface area contributed by atoms with Gasteiger partial charge in [-0.25, -0.2) is 5.01 Å². The lowest BCUT2D eigenvalue weighted by Gasteiger charge is -2.26. The molecule has 21 heavy (non-hydrogen) atoms. The van der Waals surface area contributed by atoms with Gasteiger partial charge >= 0.3 is 0 Å². The molecule has 114 valence electrons. The van der Waals surface area contributed by atoms with Gasteiger partial charge in [-0.1, -0.05) is 18.0 Å². The third kappa shape index (κ3) is 3.62. The summed E-state index contributed by atoms with van der Waals surface area (Å²) in [5.41, 5.74) is 2.93. The zero-order valence-corrected chi connectivity index (χ0v) is 12.4. The lowest BCUT2D eigenvalue weighted by atomic mass is 10.1. The van der Waals surface area contributed by atoms with E-state index in [1.165, 1.54) is 12.1 Å². The number of nitro groups is 1. The first kappa shape index (κ1) is 15.5. The maximum atomic E-state index is 12.2. The minimum absolute atomic E-state index is 0.149. The summed E-state index contributed by atoms with van der Waals surface area (Å²) >= 11 is 6.01. The molecule has 0 saturated carbocycles. The fourth-order valence-electron chi connectivity index (χ4n) is 2.33. The van der Waals surface area contributed by atoms with Crippen molar-refractivity contribution in [2.24, 2.45) is 0 Å². The summed E-state index contributed by atoms with van der Waals surface area (Å²) in [4.78, 5) is 22.7. The number of anilines is 1. The molecule has 8 heteroatoms. The van der Waals surface area contributed by atoms with E-state index in [4.69, 9.17) is 11.6 Å². The van der Waals surface area contributed by atoms with E-state index in [-0.39, 0.29) is 27.9 Å². The van der Waals surface area contributed by atoms with Crippen molar-refractivity contribution in [2.75, 3.05) is 25.5 Å². The van der Waals surface area contributed by atoms with E-state index in [1.54, 1.807) is 7.05 Å². The first-order chi connectivity index (χ1) is 10.0. The van der Waals surface area contributed by atoms with Crippen LogP contribution in [0.4, 0.5) is 11.4 Å². The van der Waals surface area contributed by atoms with Gasteiger partial charge in [-0.2, -0.15) is 0 Å². The molecule has 1 aliphatic heterocycles. The van der Waals surface area contributed by atoms with E-state index in [1.807, 2.05) is 5.01 Å². The van der Waals surface area contributed by atoms with Gasteiger partial charge in [0.15, 0.2) is 0 Å². The zero-order valence-electron chi connectivity index (χ0n) is 11.7. The van der Waals surface area contributed by atoms with E-state index < -0.39 is 4.92 Å². The molecule has 2 rings (SSSR count). The number of carbonyl (C=O) groups excluding carboxylic acids is 1. The molecule has 1 aromatic rings. The van der Waals surface area contributed by atoms with Crippen LogP contribution in [-0.4, -0.2) is 36.0 Å². The minimum Gasteiger partial charge on any atom is -0.381 e. The minimum atomic E-state index is -0.560. The molecule has 0 radical (unpaired) electrons. The number of piperidine rings is 1. The van der Waals surface area contributed by atoms with Crippen LogP contribution in [0.15, 0.2) is 12.1 Å². The fourth-order valence-corrected chi connectivity index (χ4v) is 2.64. The molecule has 2 N–H and O–H groups in total. The summed E-state index contributed by atoms with van der Waals surface area (Å²) in [6, 6.07) is 2.66. The molecule has 0 bridgehead atoms. The van der Waals surface area contributed by atoms with Gasteiger partial charge in [0, 0.05) is 31.8 Å². The molecule has 1 saturated heterocycles. The highest BCUT2D eigenvalue weighted by Gasteiger charge is 2.22. The van der Waals surface area contributed by atoms with Crippen molar-refractivity contribution in [1.29, 1.82) is 0 Å². The van der Waals surface area contributed by atoms with Crippen LogP contribution < -0.4 is 10.7 Å². The Hall–Kier alpha value is -1.86. The third-order valence-electron chi connectivity index (χ3n) is 3.39. The summed E-state index contributed by atoms with van der Waals surface area (Å²) in [6.45, 7) is 1.58. The molecule has 7 nitrogen and oxygen atoms in total.